The van der Waals surface area contributed by atoms with Gasteiger partial charge in [-0.1, -0.05) is 12.1 Å². The maximum atomic E-state index is 13.8. The maximum Gasteiger partial charge on any atom is 0.256 e. The van der Waals surface area contributed by atoms with Crippen LogP contribution in [0.1, 0.15) is 20.8 Å². The number of carbonyl (C=O) groups is 2. The molecule has 0 saturated carbocycles. The number of carbonyl (C=O) groups excluding carboxylic acids is 2. The molecule has 1 amide bonds. The van der Waals surface area contributed by atoms with Crippen LogP contribution in [0.3, 0.4) is 0 Å². The highest BCUT2D eigenvalue weighted by Gasteiger charge is 2.25. The summed E-state index contributed by atoms with van der Waals surface area (Å²) in [5.74, 6) is -2.19. The summed E-state index contributed by atoms with van der Waals surface area (Å²) in [5, 5.41) is 11.1. The van der Waals surface area contributed by atoms with E-state index in [1.807, 2.05) is 4.90 Å². The quantitative estimate of drug-likeness (QED) is 0.822. The molecule has 0 radical (unpaired) electrons. The molecule has 0 bridgehead atoms. The first-order valence-electron chi connectivity index (χ1n) is 7.53. The third-order valence-corrected chi connectivity index (χ3v) is 3.99. The van der Waals surface area contributed by atoms with Gasteiger partial charge in [-0.15, -0.1) is 0 Å². The molecule has 1 saturated heterocycles. The number of benzene rings is 1. The van der Waals surface area contributed by atoms with Gasteiger partial charge < -0.3 is 19.7 Å². The Morgan fingerprint density at radius 2 is 1.75 bits per heavy atom. The number of aromatic carboxylic acids is 1. The molecule has 0 N–H and O–H groups in total. The normalized spacial score (nSPS) is 14.5. The molecule has 0 unspecified atom stereocenters. The van der Waals surface area contributed by atoms with Gasteiger partial charge in [0.25, 0.3) is 5.91 Å². The average Bonchev–Trinajstić information content (AvgIpc) is 2.62. The zero-order valence-electron chi connectivity index (χ0n) is 12.8. The second-order valence-corrected chi connectivity index (χ2v) is 5.42. The topological polar surface area (TPSA) is 76.6 Å². The minimum Gasteiger partial charge on any atom is -0.543 e. The Morgan fingerprint density at radius 1 is 1.04 bits per heavy atom. The number of para-hydroxylation sites is 1. The van der Waals surface area contributed by atoms with E-state index in [9.17, 15) is 19.1 Å². The number of carboxylic acid groups (broad SMARTS) is 1. The van der Waals surface area contributed by atoms with Gasteiger partial charge in [0.15, 0.2) is 0 Å². The Labute approximate surface area is 138 Å². The van der Waals surface area contributed by atoms with E-state index in [1.165, 1.54) is 24.4 Å². The third kappa shape index (κ3) is 3.05. The fourth-order valence-electron chi connectivity index (χ4n) is 2.77. The van der Waals surface area contributed by atoms with Gasteiger partial charge >= 0.3 is 0 Å². The third-order valence-electron chi connectivity index (χ3n) is 3.99. The minimum atomic E-state index is -1.48. The van der Waals surface area contributed by atoms with Crippen LogP contribution in [-0.2, 0) is 0 Å². The lowest BCUT2D eigenvalue weighted by Crippen LogP contribution is -2.49. The van der Waals surface area contributed by atoms with E-state index in [2.05, 4.69) is 4.98 Å². The van der Waals surface area contributed by atoms with Crippen molar-refractivity contribution in [3.63, 3.8) is 0 Å². The van der Waals surface area contributed by atoms with Crippen LogP contribution < -0.4 is 10.0 Å². The predicted octanol–water partition coefficient (Wildman–Crippen LogP) is 0.547. The van der Waals surface area contributed by atoms with E-state index >= 15 is 0 Å². The van der Waals surface area contributed by atoms with Crippen LogP contribution >= 0.6 is 0 Å². The van der Waals surface area contributed by atoms with Crippen LogP contribution in [-0.4, -0.2) is 47.9 Å². The number of halogens is 1. The van der Waals surface area contributed by atoms with E-state index in [1.54, 1.807) is 23.1 Å². The summed E-state index contributed by atoms with van der Waals surface area (Å²) in [5.41, 5.74) is 0.150. The number of amides is 1. The molecule has 0 atom stereocenters. The minimum absolute atomic E-state index is 0.0110. The standard InChI is InChI=1S/C17H16FN3O3/c18-13-5-1-2-6-14(13)20-8-10-21(11-9-20)16(22)12-4-3-7-19-15(12)17(23)24/h1-7H,8-11H2,(H,23,24)/p-1. The summed E-state index contributed by atoms with van der Waals surface area (Å²) in [6, 6.07) is 9.41. The molecular formula is C17H15FN3O3-. The molecule has 0 aliphatic carbocycles. The van der Waals surface area contributed by atoms with Crippen molar-refractivity contribution in [1.29, 1.82) is 0 Å². The number of carboxylic acids is 1. The summed E-state index contributed by atoms with van der Waals surface area (Å²) in [4.78, 5) is 30.7. The highest BCUT2D eigenvalue weighted by molar-refractivity contribution is 6.03. The Kier molecular flexibility index (Phi) is 4.41. The molecule has 124 valence electrons. The van der Waals surface area contributed by atoms with E-state index in [0.29, 0.717) is 31.9 Å². The van der Waals surface area contributed by atoms with Crippen LogP contribution in [0.15, 0.2) is 42.6 Å². The second kappa shape index (κ2) is 6.66. The van der Waals surface area contributed by atoms with Crippen molar-refractivity contribution in [2.75, 3.05) is 31.1 Å². The fourth-order valence-corrected chi connectivity index (χ4v) is 2.77. The summed E-state index contributed by atoms with van der Waals surface area (Å²) in [7, 11) is 0. The molecule has 1 aromatic heterocycles. The van der Waals surface area contributed by atoms with Crippen LogP contribution in [0.5, 0.6) is 0 Å². The van der Waals surface area contributed by atoms with E-state index in [4.69, 9.17) is 0 Å². The first-order chi connectivity index (χ1) is 11.6. The Hall–Kier alpha value is -2.96. The highest BCUT2D eigenvalue weighted by atomic mass is 19.1. The van der Waals surface area contributed by atoms with Crippen molar-refractivity contribution in [3.8, 4) is 0 Å². The van der Waals surface area contributed by atoms with Crippen molar-refractivity contribution in [2.45, 2.75) is 0 Å². The van der Waals surface area contributed by atoms with Gasteiger partial charge in [-0.2, -0.15) is 0 Å². The maximum absolute atomic E-state index is 13.8. The van der Waals surface area contributed by atoms with Crippen LogP contribution in [0.4, 0.5) is 10.1 Å². The molecule has 1 aromatic carbocycles. The summed E-state index contributed by atoms with van der Waals surface area (Å²) in [6.07, 6.45) is 1.30. The Bertz CT molecular complexity index is 773. The predicted molar refractivity (Wildman–Crippen MR) is 83.1 cm³/mol. The number of rotatable bonds is 3. The van der Waals surface area contributed by atoms with Gasteiger partial charge in [0.1, 0.15) is 5.82 Å². The number of pyridine rings is 1. The van der Waals surface area contributed by atoms with Gasteiger partial charge in [0.2, 0.25) is 0 Å². The lowest BCUT2D eigenvalue weighted by molar-refractivity contribution is -0.255. The Balaban J connectivity index is 1.72. The lowest BCUT2D eigenvalue weighted by atomic mass is 10.1. The molecular weight excluding hydrogens is 313 g/mol. The number of hydrogen-bond acceptors (Lipinski definition) is 5. The van der Waals surface area contributed by atoms with Crippen molar-refractivity contribution >= 4 is 17.6 Å². The molecule has 3 rings (SSSR count). The number of anilines is 1. The average molecular weight is 328 g/mol. The largest absolute Gasteiger partial charge is 0.543 e. The molecule has 1 aliphatic heterocycles. The van der Waals surface area contributed by atoms with Crippen molar-refractivity contribution in [3.05, 3.63) is 59.7 Å². The summed E-state index contributed by atoms with van der Waals surface area (Å²) >= 11 is 0. The van der Waals surface area contributed by atoms with Crippen molar-refractivity contribution in [2.24, 2.45) is 0 Å². The van der Waals surface area contributed by atoms with E-state index < -0.39 is 11.9 Å². The molecule has 1 aliphatic rings. The van der Waals surface area contributed by atoms with Crippen molar-refractivity contribution in [1.82, 2.24) is 9.88 Å². The number of nitrogens with zero attached hydrogens (tertiary/aromatic N) is 3. The number of piperazine rings is 1. The van der Waals surface area contributed by atoms with Crippen LogP contribution in [0, 0.1) is 5.82 Å². The first-order valence-corrected chi connectivity index (χ1v) is 7.53. The zero-order valence-corrected chi connectivity index (χ0v) is 12.8. The molecule has 1 fully saturated rings. The van der Waals surface area contributed by atoms with E-state index in [-0.39, 0.29) is 17.1 Å². The van der Waals surface area contributed by atoms with Gasteiger partial charge in [0.05, 0.1) is 22.9 Å². The summed E-state index contributed by atoms with van der Waals surface area (Å²) in [6.45, 7) is 1.67. The molecule has 24 heavy (non-hydrogen) atoms. The molecule has 0 spiro atoms. The number of hydrogen-bond donors (Lipinski definition) is 0. The fraction of sp³-hybridized carbons (Fsp3) is 0.235. The van der Waals surface area contributed by atoms with Crippen LogP contribution in [0.25, 0.3) is 0 Å². The molecule has 7 heteroatoms. The van der Waals surface area contributed by atoms with Gasteiger partial charge in [-0.05, 0) is 24.3 Å². The molecule has 2 aromatic rings. The summed E-state index contributed by atoms with van der Waals surface area (Å²) < 4.78 is 13.8. The second-order valence-electron chi connectivity index (χ2n) is 5.42. The van der Waals surface area contributed by atoms with E-state index in [0.717, 1.165) is 0 Å². The lowest BCUT2D eigenvalue weighted by Gasteiger charge is -2.36. The molecule has 6 nitrogen and oxygen atoms in total. The smallest absolute Gasteiger partial charge is 0.256 e. The highest BCUT2D eigenvalue weighted by Crippen LogP contribution is 2.21. The SMILES string of the molecule is O=C([O-])c1ncccc1C(=O)N1CCN(c2ccccc2F)CC1. The van der Waals surface area contributed by atoms with Crippen LogP contribution in [0.2, 0.25) is 0 Å². The van der Waals surface area contributed by atoms with Gasteiger partial charge in [-0.25, -0.2) is 4.39 Å². The zero-order chi connectivity index (χ0) is 17.1. The Morgan fingerprint density at radius 3 is 2.42 bits per heavy atom. The number of aromatic nitrogens is 1. The van der Waals surface area contributed by atoms with Gasteiger partial charge in [-0.3, -0.25) is 9.78 Å². The van der Waals surface area contributed by atoms with Crippen molar-refractivity contribution < 1.29 is 19.1 Å². The van der Waals surface area contributed by atoms with Gasteiger partial charge in [0, 0.05) is 32.4 Å². The monoisotopic (exact) mass is 328 g/mol. The first kappa shape index (κ1) is 15.9. The molecule has 2 heterocycles.